The molecule has 0 fully saturated rings. The predicted molar refractivity (Wildman–Crippen MR) is 76.9 cm³/mol. The lowest BCUT2D eigenvalue weighted by Gasteiger charge is -2.06. The molecular weight excluding hydrogens is 246 g/mol. The minimum atomic E-state index is -0.0169. The fourth-order valence-electron chi connectivity index (χ4n) is 1.43. The molecule has 0 aliphatic rings. The average Bonchev–Trinajstić information content (AvgIpc) is 2.29. The molecule has 1 amide bonds. The molecule has 4 nitrogen and oxygen atoms in total. The van der Waals surface area contributed by atoms with Crippen molar-refractivity contribution in [2.45, 2.75) is 45.3 Å². The molecule has 0 radical (unpaired) electrons. The Morgan fingerprint density at radius 3 is 2.94 bits per heavy atom. The van der Waals surface area contributed by atoms with Gasteiger partial charge in [0.25, 0.3) is 0 Å². The van der Waals surface area contributed by atoms with Crippen molar-refractivity contribution in [1.82, 2.24) is 9.97 Å². The molecule has 0 atom stereocenters. The SMILES string of the molecule is CCCc1ccnc(NC(=O)CCSC(C)C)n1. The van der Waals surface area contributed by atoms with Gasteiger partial charge in [0.05, 0.1) is 0 Å². The van der Waals surface area contributed by atoms with Crippen LogP contribution in [0.2, 0.25) is 0 Å². The quantitative estimate of drug-likeness (QED) is 0.825. The van der Waals surface area contributed by atoms with E-state index < -0.39 is 0 Å². The Bertz CT molecular complexity index is 382. The van der Waals surface area contributed by atoms with Crippen LogP contribution in [0, 0.1) is 0 Å². The number of nitrogens with one attached hydrogen (secondary N) is 1. The summed E-state index contributed by atoms with van der Waals surface area (Å²) in [5, 5.41) is 3.30. The lowest BCUT2D eigenvalue weighted by Crippen LogP contribution is -2.15. The van der Waals surface area contributed by atoms with Crippen LogP contribution in [0.3, 0.4) is 0 Å². The lowest BCUT2D eigenvalue weighted by atomic mass is 10.2. The van der Waals surface area contributed by atoms with Gasteiger partial charge >= 0.3 is 0 Å². The highest BCUT2D eigenvalue weighted by molar-refractivity contribution is 7.99. The van der Waals surface area contributed by atoms with Crippen molar-refractivity contribution in [2.24, 2.45) is 0 Å². The third-order valence-corrected chi connectivity index (χ3v) is 3.36. The monoisotopic (exact) mass is 267 g/mol. The summed E-state index contributed by atoms with van der Waals surface area (Å²) in [6, 6.07) is 1.88. The summed E-state index contributed by atoms with van der Waals surface area (Å²) in [5.74, 6) is 1.23. The van der Waals surface area contributed by atoms with E-state index in [9.17, 15) is 4.79 Å². The molecule has 5 heteroatoms. The number of anilines is 1. The normalized spacial score (nSPS) is 10.7. The number of rotatable bonds is 7. The van der Waals surface area contributed by atoms with Gasteiger partial charge < -0.3 is 0 Å². The first-order valence-corrected chi connectivity index (χ1v) is 7.40. The Hall–Kier alpha value is -1.10. The molecule has 1 rings (SSSR count). The Labute approximate surface area is 113 Å². The molecule has 1 N–H and O–H groups in total. The first kappa shape index (κ1) is 15.0. The third kappa shape index (κ3) is 6.00. The first-order chi connectivity index (χ1) is 8.61. The number of nitrogens with zero attached hydrogens (tertiary/aromatic N) is 2. The number of aromatic nitrogens is 2. The number of hydrogen-bond donors (Lipinski definition) is 1. The van der Waals surface area contributed by atoms with E-state index in [1.165, 1.54) is 0 Å². The summed E-state index contributed by atoms with van der Waals surface area (Å²) < 4.78 is 0. The number of carbonyl (C=O) groups is 1. The molecular formula is C13H21N3OS. The van der Waals surface area contributed by atoms with Gasteiger partial charge in [-0.2, -0.15) is 11.8 Å². The molecule has 0 unspecified atom stereocenters. The van der Waals surface area contributed by atoms with E-state index >= 15 is 0 Å². The maximum Gasteiger partial charge on any atom is 0.229 e. The second-order valence-electron chi connectivity index (χ2n) is 4.34. The van der Waals surface area contributed by atoms with Gasteiger partial charge in [-0.15, -0.1) is 0 Å². The molecule has 0 aliphatic carbocycles. The number of carbonyl (C=O) groups excluding carboxylic acids is 1. The topological polar surface area (TPSA) is 54.9 Å². The zero-order chi connectivity index (χ0) is 13.4. The van der Waals surface area contributed by atoms with Gasteiger partial charge in [0.15, 0.2) is 0 Å². The fourth-order valence-corrected chi connectivity index (χ4v) is 2.20. The molecule has 1 aromatic heterocycles. The standard InChI is InChI=1S/C13H21N3OS/c1-4-5-11-6-8-14-13(15-11)16-12(17)7-9-18-10(2)3/h6,8,10H,4-5,7,9H2,1-3H3,(H,14,15,16,17). The summed E-state index contributed by atoms with van der Waals surface area (Å²) in [7, 11) is 0. The molecule has 0 bridgehead atoms. The van der Waals surface area contributed by atoms with Crippen molar-refractivity contribution in [1.29, 1.82) is 0 Å². The summed E-state index contributed by atoms with van der Waals surface area (Å²) in [5.41, 5.74) is 0.972. The van der Waals surface area contributed by atoms with E-state index in [-0.39, 0.29) is 5.91 Å². The van der Waals surface area contributed by atoms with Crippen LogP contribution in [0.15, 0.2) is 12.3 Å². The minimum absolute atomic E-state index is 0.0169. The zero-order valence-electron chi connectivity index (χ0n) is 11.3. The van der Waals surface area contributed by atoms with Crippen molar-refractivity contribution in [3.05, 3.63) is 18.0 Å². The van der Waals surface area contributed by atoms with E-state index in [2.05, 4.69) is 36.1 Å². The Morgan fingerprint density at radius 2 is 2.28 bits per heavy atom. The van der Waals surface area contributed by atoms with Crippen LogP contribution >= 0.6 is 11.8 Å². The Balaban J connectivity index is 2.41. The maximum absolute atomic E-state index is 11.7. The average molecular weight is 267 g/mol. The summed E-state index contributed by atoms with van der Waals surface area (Å²) >= 11 is 1.78. The molecule has 0 aromatic carbocycles. The molecule has 18 heavy (non-hydrogen) atoms. The van der Waals surface area contributed by atoms with Crippen LogP contribution in [-0.2, 0) is 11.2 Å². The van der Waals surface area contributed by atoms with Gasteiger partial charge in [-0.1, -0.05) is 27.2 Å². The van der Waals surface area contributed by atoms with Gasteiger partial charge in [0.1, 0.15) is 0 Å². The number of aryl methyl sites for hydroxylation is 1. The van der Waals surface area contributed by atoms with Crippen LogP contribution in [0.4, 0.5) is 5.95 Å². The summed E-state index contributed by atoms with van der Waals surface area (Å²) in [4.78, 5) is 20.0. The Morgan fingerprint density at radius 1 is 1.50 bits per heavy atom. The summed E-state index contributed by atoms with van der Waals surface area (Å²) in [6.07, 6.45) is 4.14. The number of thioether (sulfide) groups is 1. The number of amides is 1. The molecule has 100 valence electrons. The molecule has 0 spiro atoms. The smallest absolute Gasteiger partial charge is 0.229 e. The van der Waals surface area contributed by atoms with Crippen LogP contribution in [0.25, 0.3) is 0 Å². The largest absolute Gasteiger partial charge is 0.294 e. The van der Waals surface area contributed by atoms with E-state index in [1.807, 2.05) is 6.07 Å². The van der Waals surface area contributed by atoms with Crippen LogP contribution in [-0.4, -0.2) is 26.9 Å². The van der Waals surface area contributed by atoms with E-state index in [1.54, 1.807) is 18.0 Å². The van der Waals surface area contributed by atoms with Gasteiger partial charge in [-0.25, -0.2) is 9.97 Å². The van der Waals surface area contributed by atoms with E-state index in [0.29, 0.717) is 17.6 Å². The highest BCUT2D eigenvalue weighted by Gasteiger charge is 2.05. The van der Waals surface area contributed by atoms with Crippen LogP contribution in [0.5, 0.6) is 0 Å². The minimum Gasteiger partial charge on any atom is -0.294 e. The number of hydrogen-bond acceptors (Lipinski definition) is 4. The van der Waals surface area contributed by atoms with Crippen molar-refractivity contribution in [2.75, 3.05) is 11.1 Å². The third-order valence-electron chi connectivity index (χ3n) is 2.25. The van der Waals surface area contributed by atoms with Crippen molar-refractivity contribution < 1.29 is 4.79 Å². The van der Waals surface area contributed by atoms with E-state index in [0.717, 1.165) is 24.3 Å². The maximum atomic E-state index is 11.7. The van der Waals surface area contributed by atoms with Crippen molar-refractivity contribution >= 4 is 23.6 Å². The summed E-state index contributed by atoms with van der Waals surface area (Å²) in [6.45, 7) is 6.35. The first-order valence-electron chi connectivity index (χ1n) is 6.35. The predicted octanol–water partition coefficient (Wildman–Crippen LogP) is 2.90. The van der Waals surface area contributed by atoms with Crippen LogP contribution in [0.1, 0.15) is 39.3 Å². The zero-order valence-corrected chi connectivity index (χ0v) is 12.1. The molecule has 0 saturated carbocycles. The highest BCUT2D eigenvalue weighted by Crippen LogP contribution is 2.11. The van der Waals surface area contributed by atoms with Crippen molar-refractivity contribution in [3.63, 3.8) is 0 Å². The lowest BCUT2D eigenvalue weighted by molar-refractivity contribution is -0.115. The fraction of sp³-hybridized carbons (Fsp3) is 0.615. The van der Waals surface area contributed by atoms with Gasteiger partial charge in [-0.3, -0.25) is 10.1 Å². The van der Waals surface area contributed by atoms with E-state index in [4.69, 9.17) is 0 Å². The van der Waals surface area contributed by atoms with Crippen LogP contribution < -0.4 is 5.32 Å². The Kier molecular flexibility index (Phi) is 6.72. The molecule has 1 heterocycles. The highest BCUT2D eigenvalue weighted by atomic mass is 32.2. The van der Waals surface area contributed by atoms with Gasteiger partial charge in [0.2, 0.25) is 11.9 Å². The molecule has 0 saturated heterocycles. The van der Waals surface area contributed by atoms with Crippen molar-refractivity contribution in [3.8, 4) is 0 Å². The van der Waals surface area contributed by atoms with Gasteiger partial charge in [-0.05, 0) is 17.7 Å². The molecule has 0 aliphatic heterocycles. The molecule has 1 aromatic rings. The second-order valence-corrected chi connectivity index (χ2v) is 6.02. The van der Waals surface area contributed by atoms with Gasteiger partial charge in [0, 0.05) is 24.1 Å². The second kappa shape index (κ2) is 8.08.